The minimum atomic E-state index is 0.00112. The lowest BCUT2D eigenvalue weighted by Gasteiger charge is -2.24. The molecule has 0 aromatic carbocycles. The zero-order valence-electron chi connectivity index (χ0n) is 12.4. The fourth-order valence-electron chi connectivity index (χ4n) is 2.72. The molecule has 2 heterocycles. The van der Waals surface area contributed by atoms with E-state index in [1.54, 1.807) is 6.20 Å². The number of carbonyl (C=O) groups excluding carboxylic acids is 1. The highest BCUT2D eigenvalue weighted by Gasteiger charge is 2.26. The molecule has 1 atom stereocenters. The number of hydrogen-bond acceptors (Lipinski definition) is 3. The first kappa shape index (κ1) is 13.8. The van der Waals surface area contributed by atoms with Gasteiger partial charge in [0.2, 0.25) is 5.91 Å². The van der Waals surface area contributed by atoms with Crippen LogP contribution in [-0.4, -0.2) is 20.7 Å². The molecule has 21 heavy (non-hydrogen) atoms. The maximum absolute atomic E-state index is 11.9. The Morgan fingerprint density at radius 2 is 2.29 bits per heavy atom. The van der Waals surface area contributed by atoms with Gasteiger partial charge in [0.25, 0.3) is 0 Å². The van der Waals surface area contributed by atoms with Gasteiger partial charge < -0.3 is 5.32 Å². The van der Waals surface area contributed by atoms with Gasteiger partial charge in [0.15, 0.2) is 5.82 Å². The monoisotopic (exact) mass is 284 g/mol. The molecule has 5 nitrogen and oxygen atoms in total. The molecule has 110 valence electrons. The predicted octanol–water partition coefficient (Wildman–Crippen LogP) is 2.42. The summed E-state index contributed by atoms with van der Waals surface area (Å²) in [4.78, 5) is 16.3. The van der Waals surface area contributed by atoms with E-state index in [4.69, 9.17) is 0 Å². The standard InChI is InChI=1S/C16H20N4O/c1-11(2)16(21)19-13-6-5-7-14-12(13)10-18-20(14)15-8-3-4-9-17-15/h3-4,8-11,13H,5-7H2,1-2H3,(H,19,21)/t13-/m0/s1. The lowest BCUT2D eigenvalue weighted by atomic mass is 9.92. The van der Waals surface area contributed by atoms with Crippen molar-refractivity contribution >= 4 is 5.91 Å². The lowest BCUT2D eigenvalue weighted by Crippen LogP contribution is -2.33. The number of amides is 1. The molecule has 1 amide bonds. The van der Waals surface area contributed by atoms with E-state index in [-0.39, 0.29) is 17.9 Å². The number of hydrogen-bond donors (Lipinski definition) is 1. The molecule has 0 unspecified atom stereocenters. The lowest BCUT2D eigenvalue weighted by molar-refractivity contribution is -0.124. The summed E-state index contributed by atoms with van der Waals surface area (Å²) >= 11 is 0. The normalized spacial score (nSPS) is 17.6. The Hall–Kier alpha value is -2.17. The van der Waals surface area contributed by atoms with Crippen LogP contribution in [0.25, 0.3) is 5.82 Å². The van der Waals surface area contributed by atoms with Crippen molar-refractivity contribution in [3.63, 3.8) is 0 Å². The number of carbonyl (C=O) groups is 1. The molecule has 0 bridgehead atoms. The van der Waals surface area contributed by atoms with E-state index < -0.39 is 0 Å². The van der Waals surface area contributed by atoms with Crippen LogP contribution >= 0.6 is 0 Å². The Balaban J connectivity index is 1.90. The van der Waals surface area contributed by atoms with E-state index in [0.29, 0.717) is 0 Å². The summed E-state index contributed by atoms with van der Waals surface area (Å²) in [5, 5.41) is 7.60. The Labute approximate surface area is 124 Å². The van der Waals surface area contributed by atoms with Gasteiger partial charge in [0.1, 0.15) is 0 Å². The minimum absolute atomic E-state index is 0.00112. The third kappa shape index (κ3) is 2.68. The van der Waals surface area contributed by atoms with Crippen LogP contribution in [0.4, 0.5) is 0 Å². The summed E-state index contributed by atoms with van der Waals surface area (Å²) in [5.41, 5.74) is 2.29. The highest BCUT2D eigenvalue weighted by atomic mass is 16.1. The van der Waals surface area contributed by atoms with Crippen molar-refractivity contribution in [3.05, 3.63) is 41.9 Å². The van der Waals surface area contributed by atoms with Gasteiger partial charge in [-0.2, -0.15) is 5.10 Å². The third-order valence-corrected chi connectivity index (χ3v) is 3.89. The van der Waals surface area contributed by atoms with Crippen LogP contribution in [0.5, 0.6) is 0 Å². The van der Waals surface area contributed by atoms with Gasteiger partial charge in [-0.15, -0.1) is 0 Å². The fourth-order valence-corrected chi connectivity index (χ4v) is 2.72. The molecule has 0 radical (unpaired) electrons. The van der Waals surface area contributed by atoms with Gasteiger partial charge in [-0.3, -0.25) is 4.79 Å². The number of pyridine rings is 1. The first-order chi connectivity index (χ1) is 10.2. The SMILES string of the molecule is CC(C)C(=O)N[C@H]1CCCc2c1cnn2-c1ccccn1. The molecule has 5 heteroatoms. The molecule has 2 aromatic rings. The maximum atomic E-state index is 11.9. The molecule has 2 aromatic heterocycles. The highest BCUT2D eigenvalue weighted by Crippen LogP contribution is 2.30. The molecule has 1 N–H and O–H groups in total. The summed E-state index contributed by atoms with van der Waals surface area (Å²) in [7, 11) is 0. The van der Waals surface area contributed by atoms with Crippen LogP contribution in [0.1, 0.15) is 44.0 Å². The zero-order valence-corrected chi connectivity index (χ0v) is 12.4. The third-order valence-electron chi connectivity index (χ3n) is 3.89. The number of aromatic nitrogens is 3. The zero-order chi connectivity index (χ0) is 14.8. The van der Waals surface area contributed by atoms with Crippen molar-refractivity contribution < 1.29 is 4.79 Å². The quantitative estimate of drug-likeness (QED) is 0.941. The number of rotatable bonds is 3. The molecular weight excluding hydrogens is 264 g/mol. The average molecular weight is 284 g/mol. The molecular formula is C16H20N4O. The first-order valence-electron chi connectivity index (χ1n) is 7.45. The van der Waals surface area contributed by atoms with Gasteiger partial charge in [-0.05, 0) is 31.4 Å². The van der Waals surface area contributed by atoms with Crippen molar-refractivity contribution in [2.24, 2.45) is 5.92 Å². The van der Waals surface area contributed by atoms with E-state index in [9.17, 15) is 4.79 Å². The number of nitrogens with zero attached hydrogens (tertiary/aromatic N) is 3. The van der Waals surface area contributed by atoms with Gasteiger partial charge in [-0.1, -0.05) is 19.9 Å². The largest absolute Gasteiger partial charge is 0.349 e. The van der Waals surface area contributed by atoms with Crippen LogP contribution in [0.15, 0.2) is 30.6 Å². The smallest absolute Gasteiger partial charge is 0.223 e. The van der Waals surface area contributed by atoms with Crippen molar-refractivity contribution in [2.45, 2.75) is 39.2 Å². The van der Waals surface area contributed by atoms with E-state index in [1.807, 2.05) is 42.9 Å². The topological polar surface area (TPSA) is 59.8 Å². The van der Waals surface area contributed by atoms with Crippen LogP contribution in [0.3, 0.4) is 0 Å². The number of fused-ring (bicyclic) bond motifs is 1. The van der Waals surface area contributed by atoms with Gasteiger partial charge in [0.05, 0.1) is 17.9 Å². The Kier molecular flexibility index (Phi) is 3.73. The summed E-state index contributed by atoms with van der Waals surface area (Å²) in [6.45, 7) is 3.83. The van der Waals surface area contributed by atoms with E-state index in [0.717, 1.165) is 36.3 Å². The second kappa shape index (κ2) is 5.68. The van der Waals surface area contributed by atoms with Crippen molar-refractivity contribution in [1.82, 2.24) is 20.1 Å². The van der Waals surface area contributed by atoms with Crippen LogP contribution in [0, 0.1) is 5.92 Å². The van der Waals surface area contributed by atoms with Gasteiger partial charge >= 0.3 is 0 Å². The van der Waals surface area contributed by atoms with Crippen molar-refractivity contribution in [3.8, 4) is 5.82 Å². The molecule has 1 aliphatic carbocycles. The molecule has 0 fully saturated rings. The predicted molar refractivity (Wildman–Crippen MR) is 80.0 cm³/mol. The summed E-state index contributed by atoms with van der Waals surface area (Å²) < 4.78 is 1.89. The molecule has 0 aliphatic heterocycles. The summed E-state index contributed by atoms with van der Waals surface area (Å²) in [6, 6.07) is 5.87. The molecule has 0 saturated carbocycles. The Bertz CT molecular complexity index is 633. The molecule has 0 spiro atoms. The van der Waals surface area contributed by atoms with Crippen LogP contribution in [-0.2, 0) is 11.2 Å². The molecule has 0 saturated heterocycles. The molecule has 1 aliphatic rings. The number of nitrogens with one attached hydrogen (secondary N) is 1. The summed E-state index contributed by atoms with van der Waals surface area (Å²) in [6.07, 6.45) is 6.63. The summed E-state index contributed by atoms with van der Waals surface area (Å²) in [5.74, 6) is 0.925. The highest BCUT2D eigenvalue weighted by molar-refractivity contribution is 5.78. The van der Waals surface area contributed by atoms with Crippen LogP contribution in [0.2, 0.25) is 0 Å². The Morgan fingerprint density at radius 1 is 1.43 bits per heavy atom. The van der Waals surface area contributed by atoms with Crippen molar-refractivity contribution in [2.75, 3.05) is 0 Å². The van der Waals surface area contributed by atoms with E-state index in [2.05, 4.69) is 15.4 Å². The fraction of sp³-hybridized carbons (Fsp3) is 0.438. The average Bonchev–Trinajstić information content (AvgIpc) is 2.93. The van der Waals surface area contributed by atoms with Crippen molar-refractivity contribution in [1.29, 1.82) is 0 Å². The first-order valence-corrected chi connectivity index (χ1v) is 7.45. The second-order valence-electron chi connectivity index (χ2n) is 5.75. The maximum Gasteiger partial charge on any atom is 0.223 e. The van der Waals surface area contributed by atoms with E-state index >= 15 is 0 Å². The van der Waals surface area contributed by atoms with Gasteiger partial charge in [0, 0.05) is 17.7 Å². The second-order valence-corrected chi connectivity index (χ2v) is 5.75. The minimum Gasteiger partial charge on any atom is -0.349 e. The molecule has 3 rings (SSSR count). The Morgan fingerprint density at radius 3 is 3.00 bits per heavy atom. The van der Waals surface area contributed by atoms with E-state index in [1.165, 1.54) is 0 Å². The van der Waals surface area contributed by atoms with Crippen LogP contribution < -0.4 is 5.32 Å². The van der Waals surface area contributed by atoms with Gasteiger partial charge in [-0.25, -0.2) is 9.67 Å².